The number of hydrogen-bond donors (Lipinski definition) is 1. The summed E-state index contributed by atoms with van der Waals surface area (Å²) in [4.78, 5) is 12.2. The number of anilines is 1. The fourth-order valence-corrected chi connectivity index (χ4v) is 2.64. The molecule has 3 rings (SSSR count). The normalized spacial score (nSPS) is 11.6. The third-order valence-corrected chi connectivity index (χ3v) is 4.05. The van der Waals surface area contributed by atoms with Gasteiger partial charge >= 0.3 is 0 Å². The van der Waals surface area contributed by atoms with Gasteiger partial charge in [-0.15, -0.1) is 0 Å². The minimum Gasteiger partial charge on any atom is -0.479 e. The molecule has 0 aliphatic rings. The maximum Gasteiger partial charge on any atom is 0.265 e. The van der Waals surface area contributed by atoms with Gasteiger partial charge < -0.3 is 10.1 Å². The van der Waals surface area contributed by atoms with Crippen LogP contribution in [0.5, 0.6) is 5.75 Å². The highest BCUT2D eigenvalue weighted by Crippen LogP contribution is 2.31. The van der Waals surface area contributed by atoms with Crippen LogP contribution in [0.4, 0.5) is 5.69 Å². The van der Waals surface area contributed by atoms with Crippen molar-refractivity contribution in [2.45, 2.75) is 13.0 Å². The third-order valence-electron chi connectivity index (χ3n) is 3.75. The number of halogens is 1. The van der Waals surface area contributed by atoms with Crippen LogP contribution in [0.1, 0.15) is 6.92 Å². The highest BCUT2D eigenvalue weighted by atomic mass is 35.5. The summed E-state index contributed by atoms with van der Waals surface area (Å²) >= 11 is 6.33. The minimum atomic E-state index is -0.666. The number of benzene rings is 3. The zero-order chi connectivity index (χ0) is 17.6. The van der Waals surface area contributed by atoms with E-state index in [0.29, 0.717) is 10.8 Å². The van der Waals surface area contributed by atoms with Crippen molar-refractivity contribution >= 4 is 23.2 Å². The molecule has 0 bridgehead atoms. The Bertz CT molecular complexity index is 850. The number of amides is 1. The highest BCUT2D eigenvalue weighted by Gasteiger charge is 2.16. The van der Waals surface area contributed by atoms with Gasteiger partial charge in [0.15, 0.2) is 6.10 Å². The Labute approximate surface area is 152 Å². The first kappa shape index (κ1) is 17.1. The fourth-order valence-electron chi connectivity index (χ4n) is 2.42. The first-order chi connectivity index (χ1) is 12.1. The van der Waals surface area contributed by atoms with Gasteiger partial charge in [0.05, 0.1) is 5.02 Å². The SMILES string of the molecule is C[C@H](Oc1ccc(-c2ccccc2)cc1Cl)C(=O)Nc1ccccc1. The largest absolute Gasteiger partial charge is 0.479 e. The maximum absolute atomic E-state index is 12.2. The van der Waals surface area contributed by atoms with E-state index in [2.05, 4.69) is 5.32 Å². The van der Waals surface area contributed by atoms with Gasteiger partial charge in [-0.3, -0.25) is 4.79 Å². The van der Waals surface area contributed by atoms with E-state index in [9.17, 15) is 4.79 Å². The summed E-state index contributed by atoms with van der Waals surface area (Å²) in [5, 5.41) is 3.28. The van der Waals surface area contributed by atoms with Crippen molar-refractivity contribution in [2.75, 3.05) is 5.32 Å². The van der Waals surface area contributed by atoms with Crippen LogP contribution in [0.3, 0.4) is 0 Å². The first-order valence-corrected chi connectivity index (χ1v) is 8.39. The average Bonchev–Trinajstić information content (AvgIpc) is 2.65. The van der Waals surface area contributed by atoms with Crippen LogP contribution in [-0.2, 0) is 4.79 Å². The molecule has 0 aliphatic heterocycles. The second-order valence-corrected chi connectivity index (χ2v) is 6.03. The smallest absolute Gasteiger partial charge is 0.265 e. The van der Waals surface area contributed by atoms with Crippen LogP contribution in [0.25, 0.3) is 11.1 Å². The van der Waals surface area contributed by atoms with E-state index in [1.54, 1.807) is 13.0 Å². The summed E-state index contributed by atoms with van der Waals surface area (Å²) in [5.74, 6) is 0.256. The molecule has 25 heavy (non-hydrogen) atoms. The molecule has 0 fully saturated rings. The molecule has 0 spiro atoms. The van der Waals surface area contributed by atoms with Crippen molar-refractivity contribution in [1.82, 2.24) is 0 Å². The van der Waals surface area contributed by atoms with Gasteiger partial charge in [0, 0.05) is 5.69 Å². The lowest BCUT2D eigenvalue weighted by atomic mass is 10.1. The second-order valence-electron chi connectivity index (χ2n) is 5.63. The van der Waals surface area contributed by atoms with E-state index >= 15 is 0 Å². The first-order valence-electron chi connectivity index (χ1n) is 8.01. The van der Waals surface area contributed by atoms with Crippen molar-refractivity contribution in [2.24, 2.45) is 0 Å². The quantitative estimate of drug-likeness (QED) is 0.667. The highest BCUT2D eigenvalue weighted by molar-refractivity contribution is 6.32. The maximum atomic E-state index is 12.2. The number of carbonyl (C=O) groups is 1. The summed E-state index contributed by atoms with van der Waals surface area (Å²) in [6.45, 7) is 1.69. The molecule has 3 aromatic carbocycles. The van der Waals surface area contributed by atoms with Crippen LogP contribution in [0, 0.1) is 0 Å². The molecule has 1 amide bonds. The van der Waals surface area contributed by atoms with Crippen LogP contribution in [-0.4, -0.2) is 12.0 Å². The van der Waals surface area contributed by atoms with Crippen molar-refractivity contribution in [1.29, 1.82) is 0 Å². The molecule has 4 heteroatoms. The lowest BCUT2D eigenvalue weighted by Crippen LogP contribution is -2.30. The zero-order valence-electron chi connectivity index (χ0n) is 13.8. The second kappa shape index (κ2) is 7.86. The molecular weight excluding hydrogens is 334 g/mol. The Kier molecular flexibility index (Phi) is 5.36. The summed E-state index contributed by atoms with van der Waals surface area (Å²) in [5.41, 5.74) is 2.80. The number of carbonyl (C=O) groups excluding carboxylic acids is 1. The molecule has 0 unspecified atom stereocenters. The van der Waals surface area contributed by atoms with Gasteiger partial charge in [-0.05, 0) is 42.3 Å². The zero-order valence-corrected chi connectivity index (χ0v) is 14.5. The predicted molar refractivity (Wildman–Crippen MR) is 102 cm³/mol. The minimum absolute atomic E-state index is 0.227. The monoisotopic (exact) mass is 351 g/mol. The number of hydrogen-bond acceptors (Lipinski definition) is 2. The molecule has 0 aliphatic carbocycles. The summed E-state index contributed by atoms with van der Waals surface area (Å²) in [6, 6.07) is 24.8. The molecule has 126 valence electrons. The molecule has 0 saturated carbocycles. The average molecular weight is 352 g/mol. The van der Waals surface area contributed by atoms with Crippen LogP contribution in [0.15, 0.2) is 78.9 Å². The van der Waals surface area contributed by atoms with Gasteiger partial charge in [0.1, 0.15) is 5.75 Å². The van der Waals surface area contributed by atoms with E-state index in [0.717, 1.165) is 16.8 Å². The van der Waals surface area contributed by atoms with Crippen molar-refractivity contribution in [3.8, 4) is 16.9 Å². The molecule has 3 aromatic rings. The molecule has 1 atom stereocenters. The van der Waals surface area contributed by atoms with E-state index in [1.165, 1.54) is 0 Å². The summed E-state index contributed by atoms with van der Waals surface area (Å²) in [6.07, 6.45) is -0.666. The van der Waals surface area contributed by atoms with E-state index in [4.69, 9.17) is 16.3 Å². The number of nitrogens with one attached hydrogen (secondary N) is 1. The number of ether oxygens (including phenoxy) is 1. The topological polar surface area (TPSA) is 38.3 Å². The van der Waals surface area contributed by atoms with Crippen molar-refractivity contribution < 1.29 is 9.53 Å². The van der Waals surface area contributed by atoms with Gasteiger partial charge in [0.25, 0.3) is 5.91 Å². The molecule has 0 saturated heterocycles. The molecule has 0 radical (unpaired) electrons. The molecule has 0 heterocycles. The molecule has 3 nitrogen and oxygen atoms in total. The van der Waals surface area contributed by atoms with Crippen molar-refractivity contribution in [3.05, 3.63) is 83.9 Å². The van der Waals surface area contributed by atoms with Crippen LogP contribution in [0.2, 0.25) is 5.02 Å². The fraction of sp³-hybridized carbons (Fsp3) is 0.0952. The van der Waals surface area contributed by atoms with Gasteiger partial charge in [0.2, 0.25) is 0 Å². The standard InChI is InChI=1S/C21H18ClNO2/c1-15(21(24)23-18-10-6-3-7-11-18)25-20-13-12-17(14-19(20)22)16-8-4-2-5-9-16/h2-15H,1H3,(H,23,24)/t15-/m0/s1. The van der Waals surface area contributed by atoms with Gasteiger partial charge in [-0.1, -0.05) is 66.2 Å². The Hall–Kier alpha value is -2.78. The van der Waals surface area contributed by atoms with Crippen molar-refractivity contribution in [3.63, 3.8) is 0 Å². The Balaban J connectivity index is 1.69. The number of rotatable bonds is 5. The van der Waals surface area contributed by atoms with E-state index in [1.807, 2.05) is 72.8 Å². The van der Waals surface area contributed by atoms with Crippen LogP contribution < -0.4 is 10.1 Å². The summed E-state index contributed by atoms with van der Waals surface area (Å²) < 4.78 is 5.73. The Morgan fingerprint density at radius 3 is 2.20 bits per heavy atom. The van der Waals surface area contributed by atoms with E-state index in [-0.39, 0.29) is 5.91 Å². The van der Waals surface area contributed by atoms with Gasteiger partial charge in [-0.2, -0.15) is 0 Å². The van der Waals surface area contributed by atoms with Gasteiger partial charge in [-0.25, -0.2) is 0 Å². The lowest BCUT2D eigenvalue weighted by molar-refractivity contribution is -0.122. The molecular formula is C21H18ClNO2. The molecule has 1 N–H and O–H groups in total. The Morgan fingerprint density at radius 2 is 1.56 bits per heavy atom. The van der Waals surface area contributed by atoms with Crippen LogP contribution >= 0.6 is 11.6 Å². The predicted octanol–water partition coefficient (Wildman–Crippen LogP) is 5.41. The lowest BCUT2D eigenvalue weighted by Gasteiger charge is -2.16. The number of para-hydroxylation sites is 1. The van der Waals surface area contributed by atoms with E-state index < -0.39 is 6.10 Å². The third kappa shape index (κ3) is 4.40. The summed E-state index contributed by atoms with van der Waals surface area (Å²) in [7, 11) is 0. The Morgan fingerprint density at radius 1 is 0.920 bits per heavy atom. The molecule has 0 aromatic heterocycles.